The molecule has 18 heavy (non-hydrogen) atoms. The minimum absolute atomic E-state index is 0. The van der Waals surface area contributed by atoms with Gasteiger partial charge in [0, 0.05) is 28.4 Å². The zero-order valence-corrected chi connectivity index (χ0v) is 12.0. The summed E-state index contributed by atoms with van der Waals surface area (Å²) in [5.41, 5.74) is 6.20. The van der Waals surface area contributed by atoms with E-state index in [-0.39, 0.29) is 13.7 Å². The largest absolute Gasteiger partial charge is 0.468 e. The maximum atomic E-state index is 5.47. The topological polar surface area (TPSA) is 85.2 Å². The third kappa shape index (κ3) is 17.1. The Hall–Kier alpha value is -1.30. The summed E-state index contributed by atoms with van der Waals surface area (Å²) < 4.78 is 14.1. The smallest absolute Gasteiger partial charge is 0.188 e. The molecule has 5 nitrogen and oxygen atoms in total. The molecule has 0 amide bonds. The van der Waals surface area contributed by atoms with Gasteiger partial charge in [-0.15, -0.1) is 0 Å². The normalized spacial score (nSPS) is 7.83. The molecule has 1 aromatic rings. The minimum atomic E-state index is 0. The van der Waals surface area contributed by atoms with E-state index in [2.05, 4.69) is 18.6 Å². The van der Waals surface area contributed by atoms with Gasteiger partial charge < -0.3 is 25.4 Å². The predicted molar refractivity (Wildman–Crippen MR) is 78.0 cm³/mol. The van der Waals surface area contributed by atoms with Crippen molar-refractivity contribution in [2.24, 2.45) is 0 Å². The van der Waals surface area contributed by atoms with E-state index in [9.17, 15) is 0 Å². The van der Waals surface area contributed by atoms with E-state index in [0.717, 1.165) is 11.4 Å². The molecule has 5 heteroatoms. The lowest BCUT2D eigenvalue weighted by atomic mass is 10.3. The lowest BCUT2D eigenvalue weighted by molar-refractivity contribution is 0.0511. The summed E-state index contributed by atoms with van der Waals surface area (Å²) in [4.78, 5) is 0. The van der Waals surface area contributed by atoms with Crippen LogP contribution in [0.3, 0.4) is 0 Å². The second-order valence-corrected chi connectivity index (χ2v) is 3.24. The molecule has 0 heterocycles. The van der Waals surface area contributed by atoms with Crippen LogP contribution in [-0.2, 0) is 9.47 Å². The number of benzene rings is 1. The second kappa shape index (κ2) is 18.1. The second-order valence-electron chi connectivity index (χ2n) is 3.24. The first kappa shape index (κ1) is 21.9. The van der Waals surface area contributed by atoms with Crippen LogP contribution in [0.1, 0.15) is 21.7 Å². The highest BCUT2D eigenvalue weighted by Crippen LogP contribution is 2.12. The average Bonchev–Trinajstić information content (AvgIpc) is 2.30. The van der Waals surface area contributed by atoms with Gasteiger partial charge in [-0.1, -0.05) is 20.3 Å². The summed E-state index contributed by atoms with van der Waals surface area (Å²) >= 11 is 0. The van der Waals surface area contributed by atoms with Gasteiger partial charge in [0.25, 0.3) is 0 Å². The van der Waals surface area contributed by atoms with Gasteiger partial charge in [0.05, 0.1) is 0 Å². The Kier molecular flexibility index (Phi) is 22.0. The lowest BCUT2D eigenvalue weighted by Crippen LogP contribution is -1.98. The molecule has 0 radical (unpaired) electrons. The van der Waals surface area contributed by atoms with Crippen molar-refractivity contribution in [3.63, 3.8) is 0 Å². The van der Waals surface area contributed by atoms with Gasteiger partial charge >= 0.3 is 0 Å². The SMILES string of the molecule is CCC.COC.COCOc1ccc(N)cc1.O.[HH]. The third-order valence-electron chi connectivity index (χ3n) is 1.22. The highest BCUT2D eigenvalue weighted by atomic mass is 16.7. The van der Waals surface area contributed by atoms with Crippen LogP contribution < -0.4 is 10.5 Å². The fraction of sp³-hybridized carbons (Fsp3) is 0.538. The summed E-state index contributed by atoms with van der Waals surface area (Å²) in [5, 5.41) is 0. The predicted octanol–water partition coefficient (Wildman–Crippen LogP) is 2.35. The van der Waals surface area contributed by atoms with E-state index >= 15 is 0 Å². The quantitative estimate of drug-likeness (QED) is 0.670. The molecule has 0 atom stereocenters. The fourth-order valence-electron chi connectivity index (χ4n) is 0.691. The molecule has 0 saturated heterocycles. The van der Waals surface area contributed by atoms with Gasteiger partial charge in [-0.25, -0.2) is 0 Å². The van der Waals surface area contributed by atoms with Crippen molar-refractivity contribution in [3.05, 3.63) is 24.3 Å². The van der Waals surface area contributed by atoms with Gasteiger partial charge in [0.15, 0.2) is 6.79 Å². The first-order valence-electron chi connectivity index (χ1n) is 5.53. The van der Waals surface area contributed by atoms with Crippen molar-refractivity contribution < 1.29 is 21.1 Å². The number of nitrogens with two attached hydrogens (primary N) is 1. The third-order valence-corrected chi connectivity index (χ3v) is 1.22. The number of hydrogen-bond donors (Lipinski definition) is 1. The molecule has 0 unspecified atom stereocenters. The molecule has 0 bridgehead atoms. The Morgan fingerprint density at radius 2 is 1.44 bits per heavy atom. The Bertz CT molecular complexity index is 243. The summed E-state index contributed by atoms with van der Waals surface area (Å²) in [6.07, 6.45) is 1.25. The maximum absolute atomic E-state index is 5.47. The first-order valence-corrected chi connectivity index (χ1v) is 5.53. The highest BCUT2D eigenvalue weighted by Gasteiger charge is 1.90. The summed E-state index contributed by atoms with van der Waals surface area (Å²) in [6, 6.07) is 7.17. The molecule has 110 valence electrons. The number of nitrogen functional groups attached to an aromatic ring is 1. The average molecular weight is 263 g/mol. The van der Waals surface area contributed by atoms with Gasteiger partial charge in [-0.2, -0.15) is 0 Å². The summed E-state index contributed by atoms with van der Waals surface area (Å²) in [5.74, 6) is 0.765. The monoisotopic (exact) mass is 263 g/mol. The summed E-state index contributed by atoms with van der Waals surface area (Å²) in [7, 11) is 4.83. The fourth-order valence-corrected chi connectivity index (χ4v) is 0.691. The van der Waals surface area contributed by atoms with Crippen LogP contribution in [-0.4, -0.2) is 33.6 Å². The van der Waals surface area contributed by atoms with E-state index in [1.807, 2.05) is 0 Å². The van der Waals surface area contributed by atoms with Crippen molar-refractivity contribution in [1.29, 1.82) is 0 Å². The molecule has 1 aromatic carbocycles. The first-order chi connectivity index (χ1) is 8.15. The Labute approximate surface area is 112 Å². The minimum Gasteiger partial charge on any atom is -0.468 e. The van der Waals surface area contributed by atoms with E-state index in [4.69, 9.17) is 15.2 Å². The van der Waals surface area contributed by atoms with E-state index in [1.165, 1.54) is 6.42 Å². The van der Waals surface area contributed by atoms with Gasteiger partial charge in [-0.05, 0) is 24.3 Å². The molecule has 0 aliphatic heterocycles. The zero-order valence-electron chi connectivity index (χ0n) is 12.0. The molecule has 0 fully saturated rings. The number of ether oxygens (including phenoxy) is 3. The molecular weight excluding hydrogens is 234 g/mol. The number of methoxy groups -OCH3 is 2. The molecule has 0 spiro atoms. The Morgan fingerprint density at radius 1 is 1.06 bits per heavy atom. The number of anilines is 1. The van der Waals surface area contributed by atoms with Crippen LogP contribution in [0.2, 0.25) is 0 Å². The zero-order chi connectivity index (χ0) is 13.5. The molecule has 0 saturated carbocycles. The highest BCUT2D eigenvalue weighted by molar-refractivity contribution is 5.41. The van der Waals surface area contributed by atoms with Gasteiger partial charge in [0.2, 0.25) is 0 Å². The molecule has 4 N–H and O–H groups in total. The van der Waals surface area contributed by atoms with Gasteiger partial charge in [0.1, 0.15) is 5.75 Å². The molecule has 0 aliphatic carbocycles. The standard InChI is InChI=1S/C8H11NO2.C3H8.C2H6O.H2O.H2/c1-10-6-11-8-4-2-7(9)3-5-8;2*1-3-2;;/h2-5H,6,9H2,1H3;3H2,1-2H3;1-2H3;1H2;1H. The Balaban J connectivity index is -0.000000122. The number of rotatable bonds is 3. The molecule has 0 aliphatic rings. The van der Waals surface area contributed by atoms with Crippen molar-refractivity contribution in [2.45, 2.75) is 20.3 Å². The van der Waals surface area contributed by atoms with Crippen LogP contribution >= 0.6 is 0 Å². The van der Waals surface area contributed by atoms with Crippen molar-refractivity contribution in [1.82, 2.24) is 0 Å². The Morgan fingerprint density at radius 3 is 1.78 bits per heavy atom. The van der Waals surface area contributed by atoms with Crippen LogP contribution in [0.15, 0.2) is 24.3 Å². The van der Waals surface area contributed by atoms with Crippen LogP contribution in [0.5, 0.6) is 5.75 Å². The van der Waals surface area contributed by atoms with Gasteiger partial charge in [-0.3, -0.25) is 0 Å². The van der Waals surface area contributed by atoms with Crippen LogP contribution in [0.4, 0.5) is 5.69 Å². The van der Waals surface area contributed by atoms with E-state index < -0.39 is 0 Å². The molecule has 1 rings (SSSR count). The van der Waals surface area contributed by atoms with Crippen LogP contribution in [0, 0.1) is 0 Å². The molecular formula is C13H29NO4. The van der Waals surface area contributed by atoms with Crippen LogP contribution in [0.25, 0.3) is 0 Å². The van der Waals surface area contributed by atoms with Crippen molar-refractivity contribution in [3.8, 4) is 5.75 Å². The number of hydrogen-bond acceptors (Lipinski definition) is 4. The van der Waals surface area contributed by atoms with Crippen molar-refractivity contribution in [2.75, 3.05) is 33.9 Å². The van der Waals surface area contributed by atoms with Crippen molar-refractivity contribution >= 4 is 5.69 Å². The van der Waals surface area contributed by atoms with E-state index in [1.54, 1.807) is 45.6 Å². The van der Waals surface area contributed by atoms with E-state index in [0.29, 0.717) is 0 Å². The molecule has 0 aromatic heterocycles. The summed E-state index contributed by atoms with van der Waals surface area (Å²) in [6.45, 7) is 4.52. The maximum Gasteiger partial charge on any atom is 0.188 e. The lowest BCUT2D eigenvalue weighted by Gasteiger charge is -2.03.